The molecule has 1 aromatic heterocycles. The molecular weight excluding hydrogens is 212 g/mol. The van der Waals surface area contributed by atoms with Gasteiger partial charge in [0.05, 0.1) is 0 Å². The predicted octanol–water partition coefficient (Wildman–Crippen LogP) is 3.81. The van der Waals surface area contributed by atoms with Crippen molar-refractivity contribution in [2.75, 3.05) is 0 Å². The molecule has 0 aliphatic heterocycles. The Labute approximate surface area is 85.9 Å². The SMILES string of the molecule is FC(c1cc(Cl)nc(Cl)c1)C1CC1. The summed E-state index contributed by atoms with van der Waals surface area (Å²) < 4.78 is 13.5. The summed E-state index contributed by atoms with van der Waals surface area (Å²) in [5, 5.41) is 0.511. The van der Waals surface area contributed by atoms with Gasteiger partial charge in [-0.15, -0.1) is 0 Å². The molecule has 70 valence electrons. The molecule has 1 nitrogen and oxygen atoms in total. The molecule has 1 aliphatic rings. The molecule has 0 radical (unpaired) electrons. The Morgan fingerprint density at radius 3 is 2.31 bits per heavy atom. The van der Waals surface area contributed by atoms with Crippen molar-refractivity contribution >= 4 is 23.2 Å². The van der Waals surface area contributed by atoms with Gasteiger partial charge in [0.2, 0.25) is 0 Å². The summed E-state index contributed by atoms with van der Waals surface area (Å²) in [7, 11) is 0. The number of rotatable bonds is 2. The molecule has 1 atom stereocenters. The van der Waals surface area contributed by atoms with Crippen LogP contribution >= 0.6 is 23.2 Å². The fourth-order valence-electron chi connectivity index (χ4n) is 1.30. The van der Waals surface area contributed by atoms with Crippen molar-refractivity contribution in [2.45, 2.75) is 19.0 Å². The number of hydrogen-bond acceptors (Lipinski definition) is 1. The zero-order chi connectivity index (χ0) is 9.42. The van der Waals surface area contributed by atoms with Gasteiger partial charge in [0.25, 0.3) is 0 Å². The molecule has 13 heavy (non-hydrogen) atoms. The van der Waals surface area contributed by atoms with Crippen LogP contribution in [-0.2, 0) is 0 Å². The van der Waals surface area contributed by atoms with Crippen molar-refractivity contribution in [3.05, 3.63) is 28.0 Å². The average molecular weight is 220 g/mol. The van der Waals surface area contributed by atoms with Gasteiger partial charge in [-0.2, -0.15) is 0 Å². The van der Waals surface area contributed by atoms with Gasteiger partial charge in [-0.1, -0.05) is 23.2 Å². The van der Waals surface area contributed by atoms with E-state index in [9.17, 15) is 4.39 Å². The Bertz CT molecular complexity index is 305. The zero-order valence-electron chi connectivity index (χ0n) is 6.80. The summed E-state index contributed by atoms with van der Waals surface area (Å²) in [5.74, 6) is 0.162. The number of alkyl halides is 1. The Morgan fingerprint density at radius 2 is 1.85 bits per heavy atom. The van der Waals surface area contributed by atoms with Gasteiger partial charge in [-0.3, -0.25) is 0 Å². The number of hydrogen-bond donors (Lipinski definition) is 0. The van der Waals surface area contributed by atoms with Crippen LogP contribution in [0.3, 0.4) is 0 Å². The van der Waals surface area contributed by atoms with E-state index in [-0.39, 0.29) is 16.2 Å². The fraction of sp³-hybridized carbons (Fsp3) is 0.444. The van der Waals surface area contributed by atoms with Crippen molar-refractivity contribution in [3.8, 4) is 0 Å². The monoisotopic (exact) mass is 219 g/mol. The van der Waals surface area contributed by atoms with Gasteiger partial charge in [0.1, 0.15) is 16.5 Å². The van der Waals surface area contributed by atoms with E-state index in [1.54, 1.807) is 0 Å². The van der Waals surface area contributed by atoms with E-state index < -0.39 is 6.17 Å². The highest BCUT2D eigenvalue weighted by atomic mass is 35.5. The van der Waals surface area contributed by atoms with Crippen molar-refractivity contribution in [3.63, 3.8) is 0 Å². The number of pyridine rings is 1. The van der Waals surface area contributed by atoms with Crippen molar-refractivity contribution < 1.29 is 4.39 Å². The molecule has 0 amide bonds. The Balaban J connectivity index is 2.27. The second kappa shape index (κ2) is 3.43. The highest BCUT2D eigenvalue weighted by Crippen LogP contribution is 2.43. The lowest BCUT2D eigenvalue weighted by atomic mass is 10.1. The Hall–Kier alpha value is -0.340. The molecule has 1 heterocycles. The van der Waals surface area contributed by atoms with Crippen LogP contribution in [0, 0.1) is 5.92 Å². The summed E-state index contributed by atoms with van der Waals surface area (Å²) in [5.41, 5.74) is 0.549. The first kappa shape index (κ1) is 9.22. The average Bonchev–Trinajstić information content (AvgIpc) is 2.83. The molecule has 4 heteroatoms. The van der Waals surface area contributed by atoms with Crippen LogP contribution in [0.25, 0.3) is 0 Å². The maximum Gasteiger partial charge on any atom is 0.131 e. The van der Waals surface area contributed by atoms with Gasteiger partial charge in [0, 0.05) is 0 Å². The van der Waals surface area contributed by atoms with E-state index in [4.69, 9.17) is 23.2 Å². The van der Waals surface area contributed by atoms with Crippen LogP contribution in [0.2, 0.25) is 10.3 Å². The standard InChI is InChI=1S/C9H8Cl2FN/c10-7-3-6(4-8(11)13-7)9(12)5-1-2-5/h3-5,9H,1-2H2. The van der Waals surface area contributed by atoms with E-state index in [2.05, 4.69) is 4.98 Å². The zero-order valence-corrected chi connectivity index (χ0v) is 8.32. The van der Waals surface area contributed by atoms with Gasteiger partial charge in [-0.25, -0.2) is 9.37 Å². The second-order valence-electron chi connectivity index (χ2n) is 3.29. The first-order valence-corrected chi connectivity index (χ1v) is 4.89. The first-order valence-electron chi connectivity index (χ1n) is 4.14. The van der Waals surface area contributed by atoms with Crippen LogP contribution < -0.4 is 0 Å². The van der Waals surface area contributed by atoms with Crippen LogP contribution in [0.4, 0.5) is 4.39 Å². The molecule has 0 spiro atoms. The number of nitrogens with zero attached hydrogens (tertiary/aromatic N) is 1. The summed E-state index contributed by atoms with van der Waals surface area (Å²) in [6.45, 7) is 0. The third-order valence-corrected chi connectivity index (χ3v) is 2.53. The molecular formula is C9H8Cl2FN. The number of halogens is 3. The molecule has 1 aliphatic carbocycles. The van der Waals surface area contributed by atoms with Crippen molar-refractivity contribution in [2.24, 2.45) is 5.92 Å². The van der Waals surface area contributed by atoms with E-state index in [1.165, 1.54) is 12.1 Å². The van der Waals surface area contributed by atoms with Gasteiger partial charge >= 0.3 is 0 Å². The number of aromatic nitrogens is 1. The van der Waals surface area contributed by atoms with Crippen molar-refractivity contribution in [1.29, 1.82) is 0 Å². The summed E-state index contributed by atoms with van der Waals surface area (Å²) >= 11 is 11.3. The van der Waals surface area contributed by atoms with Gasteiger partial charge in [0.15, 0.2) is 0 Å². The molecule has 0 N–H and O–H groups in total. The molecule has 1 saturated carbocycles. The largest absolute Gasteiger partial charge is 0.242 e. The van der Waals surface area contributed by atoms with Crippen molar-refractivity contribution in [1.82, 2.24) is 4.98 Å². The molecule has 0 aromatic carbocycles. The maximum absolute atomic E-state index is 13.5. The first-order chi connectivity index (χ1) is 6.16. The molecule has 1 fully saturated rings. The lowest BCUT2D eigenvalue weighted by Gasteiger charge is -2.06. The van der Waals surface area contributed by atoms with E-state index >= 15 is 0 Å². The van der Waals surface area contributed by atoms with E-state index in [0.717, 1.165) is 12.8 Å². The third-order valence-electron chi connectivity index (χ3n) is 2.14. The predicted molar refractivity (Wildman–Crippen MR) is 50.8 cm³/mol. The summed E-state index contributed by atoms with van der Waals surface area (Å²) in [6, 6.07) is 3.08. The second-order valence-corrected chi connectivity index (χ2v) is 4.06. The van der Waals surface area contributed by atoms with Gasteiger partial charge in [-0.05, 0) is 36.5 Å². The highest BCUT2D eigenvalue weighted by molar-refractivity contribution is 6.32. The highest BCUT2D eigenvalue weighted by Gasteiger charge is 2.32. The lowest BCUT2D eigenvalue weighted by Crippen LogP contribution is -1.94. The maximum atomic E-state index is 13.5. The Kier molecular flexibility index (Phi) is 2.43. The van der Waals surface area contributed by atoms with Crippen LogP contribution in [0.1, 0.15) is 24.6 Å². The normalized spacial score (nSPS) is 18.7. The molecule has 1 aromatic rings. The quantitative estimate of drug-likeness (QED) is 0.690. The molecule has 0 bridgehead atoms. The van der Waals surface area contributed by atoms with Crippen LogP contribution in [0.15, 0.2) is 12.1 Å². The minimum atomic E-state index is -0.932. The summed E-state index contributed by atoms with van der Waals surface area (Å²) in [6.07, 6.45) is 0.982. The fourth-order valence-corrected chi connectivity index (χ4v) is 1.78. The molecule has 0 saturated heterocycles. The summed E-state index contributed by atoms with van der Waals surface area (Å²) in [4.78, 5) is 3.76. The smallest absolute Gasteiger partial charge is 0.131 e. The molecule has 2 rings (SSSR count). The molecule has 1 unspecified atom stereocenters. The van der Waals surface area contributed by atoms with Crippen LogP contribution in [0.5, 0.6) is 0 Å². The third kappa shape index (κ3) is 2.12. The van der Waals surface area contributed by atoms with Gasteiger partial charge < -0.3 is 0 Å². The minimum absolute atomic E-state index is 0.162. The topological polar surface area (TPSA) is 12.9 Å². The lowest BCUT2D eigenvalue weighted by molar-refractivity contribution is 0.305. The Morgan fingerprint density at radius 1 is 1.31 bits per heavy atom. The van der Waals surface area contributed by atoms with E-state index in [1.807, 2.05) is 0 Å². The van der Waals surface area contributed by atoms with Crippen LogP contribution in [-0.4, -0.2) is 4.98 Å². The van der Waals surface area contributed by atoms with E-state index in [0.29, 0.717) is 5.56 Å². The minimum Gasteiger partial charge on any atom is -0.242 e.